The summed E-state index contributed by atoms with van der Waals surface area (Å²) in [5.41, 5.74) is 3.05. The second-order valence-electron chi connectivity index (χ2n) is 4.73. The van der Waals surface area contributed by atoms with Crippen molar-refractivity contribution in [3.05, 3.63) is 59.9 Å². The van der Waals surface area contributed by atoms with Gasteiger partial charge >= 0.3 is 0 Å². The molecule has 1 heterocycles. The number of rotatable bonds is 8. The number of aromatic nitrogens is 1. The lowest BCUT2D eigenvalue weighted by Gasteiger charge is -2.22. The molecule has 0 bridgehead atoms. The van der Waals surface area contributed by atoms with Crippen LogP contribution in [-0.4, -0.2) is 42.3 Å². The van der Waals surface area contributed by atoms with Gasteiger partial charge in [-0.05, 0) is 35.4 Å². The number of hydrogen-bond donors (Lipinski definition) is 0. The Kier molecular flexibility index (Phi) is 7.57. The van der Waals surface area contributed by atoms with Crippen molar-refractivity contribution < 1.29 is 0 Å². The summed E-state index contributed by atoms with van der Waals surface area (Å²) < 4.78 is 0. The Bertz CT molecular complexity index is 621. The number of benzene rings is 1. The SMILES string of the molecule is ClCCN(CCCl)c1ccc(/C=N\N=C/c2ccncc2)cc1. The van der Waals surface area contributed by atoms with Gasteiger partial charge in [0.05, 0.1) is 12.4 Å². The van der Waals surface area contributed by atoms with E-state index < -0.39 is 0 Å². The number of alkyl halides is 2. The van der Waals surface area contributed by atoms with E-state index in [0.29, 0.717) is 11.8 Å². The minimum absolute atomic E-state index is 0.573. The molecule has 0 radical (unpaired) electrons. The van der Waals surface area contributed by atoms with E-state index in [1.54, 1.807) is 24.8 Å². The molecule has 0 aliphatic heterocycles. The van der Waals surface area contributed by atoms with Crippen molar-refractivity contribution in [3.63, 3.8) is 0 Å². The molecule has 4 nitrogen and oxygen atoms in total. The number of anilines is 1. The fraction of sp³-hybridized carbons (Fsp3) is 0.235. The van der Waals surface area contributed by atoms with Crippen LogP contribution in [0.5, 0.6) is 0 Å². The van der Waals surface area contributed by atoms with Crippen molar-refractivity contribution in [2.24, 2.45) is 10.2 Å². The summed E-state index contributed by atoms with van der Waals surface area (Å²) in [6.07, 6.45) is 6.85. The van der Waals surface area contributed by atoms with E-state index in [9.17, 15) is 0 Å². The predicted molar refractivity (Wildman–Crippen MR) is 99.5 cm³/mol. The number of halogens is 2. The normalized spacial score (nSPS) is 11.4. The van der Waals surface area contributed by atoms with Crippen LogP contribution in [0.2, 0.25) is 0 Å². The molecule has 0 amide bonds. The highest BCUT2D eigenvalue weighted by Crippen LogP contribution is 2.15. The Morgan fingerprint density at radius 2 is 1.35 bits per heavy atom. The maximum absolute atomic E-state index is 5.82. The van der Waals surface area contributed by atoms with E-state index in [-0.39, 0.29) is 0 Å². The third kappa shape index (κ3) is 6.00. The first-order valence-electron chi connectivity index (χ1n) is 7.27. The second kappa shape index (κ2) is 9.98. The van der Waals surface area contributed by atoms with Gasteiger partial charge in [-0.25, -0.2) is 0 Å². The minimum Gasteiger partial charge on any atom is -0.369 e. The molecular weight excluding hydrogens is 331 g/mol. The van der Waals surface area contributed by atoms with Gasteiger partial charge in [-0.3, -0.25) is 4.98 Å². The van der Waals surface area contributed by atoms with Crippen molar-refractivity contribution >= 4 is 41.3 Å². The Morgan fingerprint density at radius 3 is 1.87 bits per heavy atom. The van der Waals surface area contributed by atoms with E-state index in [2.05, 4.69) is 20.1 Å². The molecule has 2 rings (SSSR count). The average molecular weight is 349 g/mol. The Labute approximate surface area is 146 Å². The molecule has 6 heteroatoms. The summed E-state index contributed by atoms with van der Waals surface area (Å²) in [5, 5.41) is 8.08. The molecule has 0 unspecified atom stereocenters. The third-order valence-corrected chi connectivity index (χ3v) is 3.49. The summed E-state index contributed by atoms with van der Waals surface area (Å²) in [5.74, 6) is 1.15. The van der Waals surface area contributed by atoms with Gasteiger partial charge in [0, 0.05) is 42.9 Å². The summed E-state index contributed by atoms with van der Waals surface area (Å²) in [7, 11) is 0. The van der Waals surface area contributed by atoms with Gasteiger partial charge in [0.25, 0.3) is 0 Å². The maximum atomic E-state index is 5.82. The topological polar surface area (TPSA) is 40.9 Å². The first-order chi connectivity index (χ1) is 11.3. The van der Waals surface area contributed by atoms with Gasteiger partial charge in [0.2, 0.25) is 0 Å². The zero-order valence-electron chi connectivity index (χ0n) is 12.6. The molecule has 120 valence electrons. The summed E-state index contributed by atoms with van der Waals surface area (Å²) >= 11 is 11.6. The molecular formula is C17H18Cl2N4. The Morgan fingerprint density at radius 1 is 0.826 bits per heavy atom. The number of hydrogen-bond acceptors (Lipinski definition) is 4. The quantitative estimate of drug-likeness (QED) is 0.413. The summed E-state index contributed by atoms with van der Waals surface area (Å²) in [6.45, 7) is 1.55. The van der Waals surface area contributed by atoms with Crippen molar-refractivity contribution in [2.45, 2.75) is 0 Å². The highest BCUT2D eigenvalue weighted by Gasteiger charge is 2.04. The lowest BCUT2D eigenvalue weighted by Crippen LogP contribution is -2.27. The molecule has 1 aromatic heterocycles. The van der Waals surface area contributed by atoms with E-state index >= 15 is 0 Å². The molecule has 0 aliphatic carbocycles. The molecule has 0 spiro atoms. The molecule has 0 aliphatic rings. The van der Waals surface area contributed by atoms with Crippen molar-refractivity contribution in [2.75, 3.05) is 29.7 Å². The Hall–Kier alpha value is -1.91. The van der Waals surface area contributed by atoms with Crippen molar-refractivity contribution in [3.8, 4) is 0 Å². The standard InChI is InChI=1S/C17H18Cl2N4/c18-7-11-23(12-8-19)17-3-1-15(2-4-17)13-21-22-14-16-5-9-20-10-6-16/h1-6,9-10,13-14H,7-8,11-12H2/b21-13-,22-14-. The van der Waals surface area contributed by atoms with Gasteiger partial charge in [0.1, 0.15) is 0 Å². The van der Waals surface area contributed by atoms with Gasteiger partial charge in [-0.15, -0.1) is 23.2 Å². The van der Waals surface area contributed by atoms with Crippen LogP contribution in [0, 0.1) is 0 Å². The molecule has 0 saturated heterocycles. The van der Waals surface area contributed by atoms with Crippen molar-refractivity contribution in [1.82, 2.24) is 4.98 Å². The van der Waals surface area contributed by atoms with Crippen LogP contribution in [0.4, 0.5) is 5.69 Å². The van der Waals surface area contributed by atoms with Crippen LogP contribution in [0.25, 0.3) is 0 Å². The first kappa shape index (κ1) is 17.4. The zero-order valence-corrected chi connectivity index (χ0v) is 14.2. The van der Waals surface area contributed by atoms with Crippen LogP contribution < -0.4 is 4.90 Å². The third-order valence-electron chi connectivity index (χ3n) is 3.15. The number of pyridine rings is 1. The fourth-order valence-corrected chi connectivity index (χ4v) is 2.40. The summed E-state index contributed by atoms with van der Waals surface area (Å²) in [6, 6.07) is 11.8. The highest BCUT2D eigenvalue weighted by molar-refractivity contribution is 6.18. The lowest BCUT2D eigenvalue weighted by molar-refractivity contribution is 0.874. The van der Waals surface area contributed by atoms with E-state index in [4.69, 9.17) is 23.2 Å². The fourth-order valence-electron chi connectivity index (χ4n) is 1.99. The summed E-state index contributed by atoms with van der Waals surface area (Å²) in [4.78, 5) is 6.10. The van der Waals surface area contributed by atoms with Gasteiger partial charge in [-0.2, -0.15) is 10.2 Å². The van der Waals surface area contributed by atoms with Crippen LogP contribution in [0.3, 0.4) is 0 Å². The average Bonchev–Trinajstić information content (AvgIpc) is 2.60. The first-order valence-corrected chi connectivity index (χ1v) is 8.34. The maximum Gasteiger partial charge on any atom is 0.0569 e. The van der Waals surface area contributed by atoms with Gasteiger partial charge in [-0.1, -0.05) is 12.1 Å². The van der Waals surface area contributed by atoms with Crippen molar-refractivity contribution in [1.29, 1.82) is 0 Å². The lowest BCUT2D eigenvalue weighted by atomic mass is 10.2. The molecule has 1 aromatic carbocycles. The number of nitrogens with zero attached hydrogens (tertiary/aromatic N) is 4. The van der Waals surface area contributed by atoms with Crippen LogP contribution >= 0.6 is 23.2 Å². The second-order valence-corrected chi connectivity index (χ2v) is 5.48. The van der Waals surface area contributed by atoms with Crippen LogP contribution in [-0.2, 0) is 0 Å². The molecule has 2 aromatic rings. The largest absolute Gasteiger partial charge is 0.369 e. The molecule has 0 atom stereocenters. The highest BCUT2D eigenvalue weighted by atomic mass is 35.5. The van der Waals surface area contributed by atoms with Gasteiger partial charge < -0.3 is 4.90 Å². The van der Waals surface area contributed by atoms with E-state index in [1.807, 2.05) is 36.4 Å². The Balaban J connectivity index is 1.96. The smallest absolute Gasteiger partial charge is 0.0569 e. The molecule has 23 heavy (non-hydrogen) atoms. The van der Waals surface area contributed by atoms with Gasteiger partial charge in [0.15, 0.2) is 0 Å². The minimum atomic E-state index is 0.573. The molecule has 0 N–H and O–H groups in total. The van der Waals surface area contributed by atoms with E-state index in [0.717, 1.165) is 29.9 Å². The predicted octanol–water partition coefficient (Wildman–Crippen LogP) is 3.82. The van der Waals surface area contributed by atoms with Crippen LogP contribution in [0.15, 0.2) is 59.0 Å². The van der Waals surface area contributed by atoms with E-state index in [1.165, 1.54) is 0 Å². The zero-order chi connectivity index (χ0) is 16.3. The van der Waals surface area contributed by atoms with Crippen LogP contribution in [0.1, 0.15) is 11.1 Å². The molecule has 0 saturated carbocycles. The monoisotopic (exact) mass is 348 g/mol. The molecule has 0 fully saturated rings.